The van der Waals surface area contributed by atoms with Crippen LogP contribution in [-0.2, 0) is 16.1 Å². The van der Waals surface area contributed by atoms with Crippen LogP contribution in [0.2, 0.25) is 0 Å². The Bertz CT molecular complexity index is 556. The molecule has 1 atom stereocenters. The Balaban J connectivity index is 2.80. The molecule has 1 aromatic rings. The molecule has 20 heavy (non-hydrogen) atoms. The Kier molecular flexibility index (Phi) is 5.94. The molecule has 0 aliphatic heterocycles. The van der Waals surface area contributed by atoms with Crippen LogP contribution in [-0.4, -0.2) is 39.5 Å². The van der Waals surface area contributed by atoms with Gasteiger partial charge in [-0.1, -0.05) is 6.92 Å². The highest BCUT2D eigenvalue weighted by Gasteiger charge is 2.19. The highest BCUT2D eigenvalue weighted by Crippen LogP contribution is 2.06. The molecule has 0 aromatic carbocycles. The molecule has 0 bridgehead atoms. The molecule has 0 aliphatic carbocycles. The first-order valence-electron chi connectivity index (χ1n) is 6.21. The molecule has 1 amide bonds. The van der Waals surface area contributed by atoms with Gasteiger partial charge < -0.3 is 14.6 Å². The van der Waals surface area contributed by atoms with Crippen molar-refractivity contribution >= 4 is 27.8 Å². The normalized spacial score (nSPS) is 11.9. The van der Waals surface area contributed by atoms with Gasteiger partial charge in [-0.25, -0.2) is 0 Å². The molecule has 0 radical (unpaired) electrons. The summed E-state index contributed by atoms with van der Waals surface area (Å²) in [6.07, 6.45) is 1.54. The minimum Gasteiger partial charge on any atom is -0.481 e. The lowest BCUT2D eigenvalue weighted by atomic mass is 10.1. The molecule has 1 rings (SSSR count). The predicted octanol–water partition coefficient (Wildman–Crippen LogP) is 1.18. The number of carboxylic acids is 1. The van der Waals surface area contributed by atoms with Gasteiger partial charge in [0.2, 0.25) is 5.91 Å². The van der Waals surface area contributed by atoms with Gasteiger partial charge in [0.25, 0.3) is 5.56 Å². The number of carbonyl (C=O) groups is 2. The zero-order chi connectivity index (χ0) is 15.3. The van der Waals surface area contributed by atoms with Crippen LogP contribution < -0.4 is 5.56 Å². The van der Waals surface area contributed by atoms with Crippen molar-refractivity contribution in [3.05, 3.63) is 33.2 Å². The van der Waals surface area contributed by atoms with E-state index in [2.05, 4.69) is 15.9 Å². The minimum atomic E-state index is -0.948. The summed E-state index contributed by atoms with van der Waals surface area (Å²) in [5.41, 5.74) is -0.274. The number of hydrogen-bond acceptors (Lipinski definition) is 3. The summed E-state index contributed by atoms with van der Waals surface area (Å²) in [6.45, 7) is 3.75. The van der Waals surface area contributed by atoms with E-state index in [-0.39, 0.29) is 24.6 Å². The zero-order valence-electron chi connectivity index (χ0n) is 11.4. The van der Waals surface area contributed by atoms with Gasteiger partial charge in [0, 0.05) is 29.8 Å². The van der Waals surface area contributed by atoms with Gasteiger partial charge in [-0.3, -0.25) is 14.4 Å². The van der Waals surface area contributed by atoms with Crippen LogP contribution in [0.3, 0.4) is 0 Å². The summed E-state index contributed by atoms with van der Waals surface area (Å²) in [7, 11) is 0. The molecule has 0 aliphatic rings. The van der Waals surface area contributed by atoms with E-state index in [1.165, 1.54) is 21.7 Å². The number of aliphatic carboxylic acids is 1. The number of rotatable bonds is 6. The summed E-state index contributed by atoms with van der Waals surface area (Å²) >= 11 is 3.24. The maximum absolute atomic E-state index is 12.1. The lowest BCUT2D eigenvalue weighted by molar-refractivity contribution is -0.143. The van der Waals surface area contributed by atoms with Gasteiger partial charge in [-0.15, -0.1) is 0 Å². The SMILES string of the molecule is CCN(CC(C)C(=O)O)C(=O)Cn1cc(Br)ccc1=O. The molecule has 1 heterocycles. The fourth-order valence-corrected chi connectivity index (χ4v) is 2.07. The van der Waals surface area contributed by atoms with E-state index in [1.54, 1.807) is 19.9 Å². The molecule has 110 valence electrons. The number of aromatic nitrogens is 1. The summed E-state index contributed by atoms with van der Waals surface area (Å²) < 4.78 is 1.99. The number of carboxylic acid groups (broad SMARTS) is 1. The molecular weight excluding hydrogens is 328 g/mol. The van der Waals surface area contributed by atoms with Crippen LogP contribution in [0.25, 0.3) is 0 Å². The summed E-state index contributed by atoms with van der Waals surface area (Å²) in [4.78, 5) is 36.0. The average Bonchev–Trinajstić information content (AvgIpc) is 2.39. The van der Waals surface area contributed by atoms with E-state index in [1.807, 2.05) is 0 Å². The van der Waals surface area contributed by atoms with E-state index in [0.717, 1.165) is 0 Å². The largest absolute Gasteiger partial charge is 0.481 e. The first-order valence-corrected chi connectivity index (χ1v) is 7.01. The molecule has 1 N–H and O–H groups in total. The molecule has 7 heteroatoms. The van der Waals surface area contributed by atoms with Gasteiger partial charge in [-0.05, 0) is 28.9 Å². The van der Waals surface area contributed by atoms with E-state index in [4.69, 9.17) is 5.11 Å². The maximum atomic E-state index is 12.1. The van der Waals surface area contributed by atoms with Gasteiger partial charge in [-0.2, -0.15) is 0 Å². The predicted molar refractivity (Wildman–Crippen MR) is 77.5 cm³/mol. The van der Waals surface area contributed by atoms with Crippen molar-refractivity contribution in [1.29, 1.82) is 0 Å². The van der Waals surface area contributed by atoms with Crippen molar-refractivity contribution in [1.82, 2.24) is 9.47 Å². The first-order chi connectivity index (χ1) is 9.35. The smallest absolute Gasteiger partial charge is 0.308 e. The molecule has 1 unspecified atom stereocenters. The molecule has 0 fully saturated rings. The zero-order valence-corrected chi connectivity index (χ0v) is 13.0. The van der Waals surface area contributed by atoms with E-state index < -0.39 is 11.9 Å². The van der Waals surface area contributed by atoms with Crippen LogP contribution in [0.5, 0.6) is 0 Å². The fourth-order valence-electron chi connectivity index (χ4n) is 1.69. The standard InChI is InChI=1S/C13H17BrN2O4/c1-3-15(6-9(2)13(19)20)12(18)8-16-7-10(14)4-5-11(16)17/h4-5,7,9H,3,6,8H2,1-2H3,(H,19,20). The molecule has 0 saturated heterocycles. The van der Waals surface area contributed by atoms with Crippen LogP contribution in [0.1, 0.15) is 13.8 Å². The monoisotopic (exact) mass is 344 g/mol. The van der Waals surface area contributed by atoms with Crippen molar-refractivity contribution in [3.63, 3.8) is 0 Å². The third-order valence-electron chi connectivity index (χ3n) is 2.90. The van der Waals surface area contributed by atoms with Crippen molar-refractivity contribution < 1.29 is 14.7 Å². The van der Waals surface area contributed by atoms with Gasteiger partial charge in [0.15, 0.2) is 0 Å². The fraction of sp³-hybridized carbons (Fsp3) is 0.462. The molecule has 0 spiro atoms. The highest BCUT2D eigenvalue weighted by atomic mass is 79.9. The lowest BCUT2D eigenvalue weighted by Crippen LogP contribution is -2.40. The maximum Gasteiger partial charge on any atom is 0.308 e. The third kappa shape index (κ3) is 4.48. The van der Waals surface area contributed by atoms with Gasteiger partial charge in [0.1, 0.15) is 6.54 Å². The second kappa shape index (κ2) is 7.23. The lowest BCUT2D eigenvalue weighted by Gasteiger charge is -2.23. The molecule has 0 saturated carbocycles. The van der Waals surface area contributed by atoms with Crippen LogP contribution in [0.15, 0.2) is 27.6 Å². The summed E-state index contributed by atoms with van der Waals surface area (Å²) in [5.74, 6) is -1.87. The van der Waals surface area contributed by atoms with Crippen LogP contribution in [0.4, 0.5) is 0 Å². The Morgan fingerprint density at radius 1 is 1.45 bits per heavy atom. The Hall–Kier alpha value is -1.63. The number of halogens is 1. The Morgan fingerprint density at radius 3 is 2.65 bits per heavy atom. The van der Waals surface area contributed by atoms with Gasteiger partial charge >= 0.3 is 5.97 Å². The quantitative estimate of drug-likeness (QED) is 0.840. The number of amides is 1. The second-order valence-corrected chi connectivity index (χ2v) is 5.40. The number of carbonyl (C=O) groups excluding carboxylic acids is 1. The minimum absolute atomic E-state index is 0.0988. The highest BCUT2D eigenvalue weighted by molar-refractivity contribution is 9.10. The Labute approximate surface area is 125 Å². The molecular formula is C13H17BrN2O4. The average molecular weight is 345 g/mol. The second-order valence-electron chi connectivity index (χ2n) is 4.49. The van der Waals surface area contributed by atoms with Crippen molar-refractivity contribution in [3.8, 4) is 0 Å². The van der Waals surface area contributed by atoms with Crippen molar-refractivity contribution in [2.24, 2.45) is 5.92 Å². The summed E-state index contributed by atoms with van der Waals surface area (Å²) in [6, 6.07) is 2.97. The first kappa shape index (κ1) is 16.4. The van der Waals surface area contributed by atoms with Gasteiger partial charge in [0.05, 0.1) is 5.92 Å². The van der Waals surface area contributed by atoms with Crippen LogP contribution in [0, 0.1) is 5.92 Å². The van der Waals surface area contributed by atoms with E-state index in [9.17, 15) is 14.4 Å². The third-order valence-corrected chi connectivity index (χ3v) is 3.37. The van der Waals surface area contributed by atoms with Crippen molar-refractivity contribution in [2.45, 2.75) is 20.4 Å². The molecule has 6 nitrogen and oxygen atoms in total. The van der Waals surface area contributed by atoms with E-state index >= 15 is 0 Å². The van der Waals surface area contributed by atoms with E-state index in [0.29, 0.717) is 11.0 Å². The van der Waals surface area contributed by atoms with Crippen molar-refractivity contribution in [2.75, 3.05) is 13.1 Å². The number of nitrogens with zero attached hydrogens (tertiary/aromatic N) is 2. The van der Waals surface area contributed by atoms with Crippen LogP contribution >= 0.6 is 15.9 Å². The Morgan fingerprint density at radius 2 is 2.10 bits per heavy atom. The number of likely N-dealkylation sites (N-methyl/N-ethyl adjacent to an activating group) is 1. The summed E-state index contributed by atoms with van der Waals surface area (Å²) in [5, 5.41) is 8.88. The number of pyridine rings is 1. The molecule has 1 aromatic heterocycles. The topological polar surface area (TPSA) is 79.6 Å². The number of hydrogen-bond donors (Lipinski definition) is 1.